The van der Waals surface area contributed by atoms with Crippen LogP contribution in [0.25, 0.3) is 0 Å². The molecule has 0 spiro atoms. The van der Waals surface area contributed by atoms with Crippen LogP contribution in [0.4, 0.5) is 5.69 Å². The van der Waals surface area contributed by atoms with Gasteiger partial charge in [-0.05, 0) is 51.0 Å². The van der Waals surface area contributed by atoms with Gasteiger partial charge in [-0.25, -0.2) is 0 Å². The maximum Gasteiger partial charge on any atom is 0.221 e. The standard InChI is InChI=1S/C21H27N3O3/c1-6-11-24-14(2)12-20(16(24)4)21(26)13-27-23-15(3)18-7-9-19(10-8-18)22-17(5)25/h7-10,12H,6,11,13H2,1-5H3,(H,22,25)/b23-15+. The molecule has 2 rings (SSSR count). The summed E-state index contributed by atoms with van der Waals surface area (Å²) in [6, 6.07) is 9.18. The second-order valence-electron chi connectivity index (χ2n) is 6.57. The van der Waals surface area contributed by atoms with Crippen LogP contribution in [0, 0.1) is 13.8 Å². The first kappa shape index (κ1) is 20.4. The Morgan fingerprint density at radius 1 is 1.15 bits per heavy atom. The van der Waals surface area contributed by atoms with E-state index in [4.69, 9.17) is 4.84 Å². The highest BCUT2D eigenvalue weighted by Crippen LogP contribution is 2.16. The Labute approximate surface area is 160 Å². The fourth-order valence-electron chi connectivity index (χ4n) is 2.97. The first-order valence-corrected chi connectivity index (χ1v) is 9.08. The molecular weight excluding hydrogens is 342 g/mol. The van der Waals surface area contributed by atoms with Gasteiger partial charge in [0.25, 0.3) is 0 Å². The van der Waals surface area contributed by atoms with Gasteiger partial charge >= 0.3 is 0 Å². The fourth-order valence-corrected chi connectivity index (χ4v) is 2.97. The zero-order valence-corrected chi connectivity index (χ0v) is 16.6. The van der Waals surface area contributed by atoms with E-state index in [0.717, 1.165) is 35.6 Å². The summed E-state index contributed by atoms with van der Waals surface area (Å²) in [5.74, 6) is -0.198. The quantitative estimate of drug-likeness (QED) is 0.433. The minimum absolute atomic E-state index is 0.0805. The number of hydrogen-bond donors (Lipinski definition) is 1. The highest BCUT2D eigenvalue weighted by molar-refractivity contribution is 6.00. The van der Waals surface area contributed by atoms with Crippen LogP contribution >= 0.6 is 0 Å². The third kappa shape index (κ3) is 5.29. The lowest BCUT2D eigenvalue weighted by atomic mass is 10.1. The predicted molar refractivity (Wildman–Crippen MR) is 107 cm³/mol. The van der Waals surface area contributed by atoms with Crippen LogP contribution in [0.1, 0.15) is 54.5 Å². The van der Waals surface area contributed by atoms with E-state index in [1.165, 1.54) is 6.92 Å². The molecule has 1 amide bonds. The number of carbonyl (C=O) groups excluding carboxylic acids is 2. The third-order valence-corrected chi connectivity index (χ3v) is 4.34. The minimum atomic E-state index is -0.117. The van der Waals surface area contributed by atoms with Gasteiger partial charge in [0.2, 0.25) is 11.7 Å². The zero-order valence-electron chi connectivity index (χ0n) is 16.6. The second-order valence-corrected chi connectivity index (χ2v) is 6.57. The molecule has 144 valence electrons. The lowest BCUT2D eigenvalue weighted by molar-refractivity contribution is -0.114. The number of rotatable bonds is 8. The van der Waals surface area contributed by atoms with Gasteiger partial charge in [-0.3, -0.25) is 9.59 Å². The Balaban J connectivity index is 1.99. The molecule has 0 aliphatic heterocycles. The average Bonchev–Trinajstić information content (AvgIpc) is 2.90. The molecule has 0 radical (unpaired) electrons. The molecule has 1 aromatic carbocycles. The van der Waals surface area contributed by atoms with Gasteiger partial charge in [-0.1, -0.05) is 24.2 Å². The van der Waals surface area contributed by atoms with E-state index in [-0.39, 0.29) is 18.3 Å². The van der Waals surface area contributed by atoms with E-state index < -0.39 is 0 Å². The average molecular weight is 369 g/mol. The molecule has 1 N–H and O–H groups in total. The van der Waals surface area contributed by atoms with Crippen LogP contribution in [-0.2, 0) is 16.2 Å². The van der Waals surface area contributed by atoms with E-state index in [1.807, 2.05) is 39.0 Å². The summed E-state index contributed by atoms with van der Waals surface area (Å²) < 4.78 is 2.15. The molecule has 0 saturated carbocycles. The van der Waals surface area contributed by atoms with E-state index >= 15 is 0 Å². The number of aryl methyl sites for hydroxylation is 1. The van der Waals surface area contributed by atoms with Crippen molar-refractivity contribution in [2.24, 2.45) is 5.16 Å². The first-order chi connectivity index (χ1) is 12.8. The first-order valence-electron chi connectivity index (χ1n) is 9.08. The topological polar surface area (TPSA) is 72.7 Å². The Morgan fingerprint density at radius 2 is 1.81 bits per heavy atom. The van der Waals surface area contributed by atoms with Crippen LogP contribution in [0.2, 0.25) is 0 Å². The molecule has 27 heavy (non-hydrogen) atoms. The van der Waals surface area contributed by atoms with Crippen LogP contribution in [0.5, 0.6) is 0 Å². The fraction of sp³-hybridized carbons (Fsp3) is 0.381. The second kappa shape index (κ2) is 9.16. The predicted octanol–water partition coefficient (Wildman–Crippen LogP) is 4.10. The van der Waals surface area contributed by atoms with Crippen LogP contribution in [-0.4, -0.2) is 28.6 Å². The van der Waals surface area contributed by atoms with Crippen molar-refractivity contribution in [3.05, 3.63) is 52.8 Å². The summed E-state index contributed by atoms with van der Waals surface area (Å²) in [5.41, 5.74) is 4.98. The lowest BCUT2D eigenvalue weighted by Crippen LogP contribution is -2.10. The highest BCUT2D eigenvalue weighted by Gasteiger charge is 2.15. The van der Waals surface area contributed by atoms with Gasteiger partial charge in [-0.2, -0.15) is 0 Å². The van der Waals surface area contributed by atoms with Crippen LogP contribution < -0.4 is 5.32 Å². The smallest absolute Gasteiger partial charge is 0.221 e. The number of oxime groups is 1. The van der Waals surface area contributed by atoms with Crippen molar-refractivity contribution < 1.29 is 14.4 Å². The molecule has 0 bridgehead atoms. The molecule has 0 aliphatic carbocycles. The van der Waals surface area contributed by atoms with E-state index in [9.17, 15) is 9.59 Å². The van der Waals surface area contributed by atoms with Gasteiger partial charge in [0, 0.05) is 36.1 Å². The minimum Gasteiger partial charge on any atom is -0.387 e. The number of aromatic nitrogens is 1. The van der Waals surface area contributed by atoms with Crippen LogP contribution in [0.15, 0.2) is 35.5 Å². The third-order valence-electron chi connectivity index (χ3n) is 4.34. The number of anilines is 1. The zero-order chi connectivity index (χ0) is 20.0. The van der Waals surface area contributed by atoms with Crippen molar-refractivity contribution in [3.8, 4) is 0 Å². The van der Waals surface area contributed by atoms with E-state index in [0.29, 0.717) is 11.3 Å². The van der Waals surface area contributed by atoms with Crippen molar-refractivity contribution in [1.82, 2.24) is 4.57 Å². The number of carbonyl (C=O) groups is 2. The van der Waals surface area contributed by atoms with E-state index in [1.54, 1.807) is 12.1 Å². The molecule has 0 aliphatic rings. The van der Waals surface area contributed by atoms with Gasteiger partial charge in [-0.15, -0.1) is 0 Å². The molecule has 0 saturated heterocycles. The largest absolute Gasteiger partial charge is 0.387 e. The number of nitrogens with zero attached hydrogens (tertiary/aromatic N) is 2. The molecule has 6 heteroatoms. The number of Topliss-reactive ketones (excluding diaryl/α,β-unsaturated/α-hetero) is 1. The van der Waals surface area contributed by atoms with Gasteiger partial charge in [0.15, 0.2) is 6.61 Å². The number of benzene rings is 1. The summed E-state index contributed by atoms with van der Waals surface area (Å²) in [6.07, 6.45) is 1.02. The molecule has 2 aromatic rings. The Bertz CT molecular complexity index is 848. The summed E-state index contributed by atoms with van der Waals surface area (Å²) in [4.78, 5) is 28.8. The number of hydrogen-bond acceptors (Lipinski definition) is 4. The number of amides is 1. The molecule has 1 aromatic heterocycles. The monoisotopic (exact) mass is 369 g/mol. The lowest BCUT2D eigenvalue weighted by Gasteiger charge is -2.07. The summed E-state index contributed by atoms with van der Waals surface area (Å²) in [6.45, 7) is 10.2. The summed E-state index contributed by atoms with van der Waals surface area (Å²) >= 11 is 0. The Morgan fingerprint density at radius 3 is 2.41 bits per heavy atom. The molecule has 1 heterocycles. The highest BCUT2D eigenvalue weighted by atomic mass is 16.6. The Kier molecular flexibility index (Phi) is 6.93. The molecule has 6 nitrogen and oxygen atoms in total. The van der Waals surface area contributed by atoms with Crippen molar-refractivity contribution in [2.45, 2.75) is 47.6 Å². The number of ketones is 1. The van der Waals surface area contributed by atoms with E-state index in [2.05, 4.69) is 22.0 Å². The van der Waals surface area contributed by atoms with Crippen molar-refractivity contribution in [3.63, 3.8) is 0 Å². The van der Waals surface area contributed by atoms with Gasteiger partial charge in [0.1, 0.15) is 0 Å². The maximum atomic E-state index is 12.5. The van der Waals surface area contributed by atoms with Gasteiger partial charge in [0.05, 0.1) is 5.71 Å². The summed E-state index contributed by atoms with van der Waals surface area (Å²) in [5, 5.41) is 6.76. The number of nitrogens with one attached hydrogen (secondary N) is 1. The van der Waals surface area contributed by atoms with Gasteiger partial charge < -0.3 is 14.7 Å². The SMILES string of the molecule is CCCn1c(C)cc(C(=O)CO/N=C(\C)c2ccc(NC(C)=O)cc2)c1C. The normalized spacial score (nSPS) is 11.4. The maximum absolute atomic E-state index is 12.5. The van der Waals surface area contributed by atoms with Crippen LogP contribution in [0.3, 0.4) is 0 Å². The summed E-state index contributed by atoms with van der Waals surface area (Å²) in [7, 11) is 0. The molecule has 0 atom stereocenters. The van der Waals surface area contributed by atoms with Crippen molar-refractivity contribution >= 4 is 23.1 Å². The molecule has 0 unspecified atom stereocenters. The Hall–Kier alpha value is -2.89. The van der Waals surface area contributed by atoms with Crippen molar-refractivity contribution in [1.29, 1.82) is 0 Å². The molecule has 0 fully saturated rings. The molecular formula is C21H27N3O3. The van der Waals surface area contributed by atoms with Crippen molar-refractivity contribution in [2.75, 3.05) is 11.9 Å².